The van der Waals surface area contributed by atoms with Crippen LogP contribution in [0.4, 0.5) is 32.0 Å². The van der Waals surface area contributed by atoms with Crippen LogP contribution < -0.4 is 5.32 Å². The van der Waals surface area contributed by atoms with Gasteiger partial charge in [-0.3, -0.25) is 9.59 Å². The van der Waals surface area contributed by atoms with Gasteiger partial charge in [-0.05, 0) is 66.6 Å². The van der Waals surface area contributed by atoms with E-state index in [4.69, 9.17) is 11.6 Å². The summed E-state index contributed by atoms with van der Waals surface area (Å²) in [5, 5.41) is 4.04. The number of hydrogen-bond acceptors (Lipinski definition) is 2. The number of alkyl halides is 6. The van der Waals surface area contributed by atoms with Gasteiger partial charge in [0.25, 0.3) is 5.91 Å². The van der Waals surface area contributed by atoms with E-state index >= 15 is 0 Å². The lowest BCUT2D eigenvalue weighted by atomic mass is 10.0. The van der Waals surface area contributed by atoms with Gasteiger partial charge in [0.2, 0.25) is 5.91 Å². The molecule has 0 saturated carbocycles. The van der Waals surface area contributed by atoms with E-state index in [0.29, 0.717) is 28.4 Å². The monoisotopic (exact) mass is 607 g/mol. The van der Waals surface area contributed by atoms with Gasteiger partial charge in [0.15, 0.2) is 0 Å². The van der Waals surface area contributed by atoms with Gasteiger partial charge in [0.05, 0.1) is 17.2 Å². The first-order chi connectivity index (χ1) is 19.6. The average molecular weight is 608 g/mol. The number of nitrogens with zero attached hydrogens (tertiary/aromatic N) is 2. The second-order valence-corrected chi connectivity index (χ2v) is 10.1. The number of likely N-dealkylation sites (N-methyl/N-ethyl adjacent to an activating group) is 1. The third-order valence-electron chi connectivity index (χ3n) is 6.63. The molecule has 3 aromatic carbocycles. The summed E-state index contributed by atoms with van der Waals surface area (Å²) in [5.41, 5.74) is -1.89. The second kappa shape index (κ2) is 11.9. The highest BCUT2D eigenvalue weighted by Crippen LogP contribution is 2.36. The Hall–Kier alpha value is -4.25. The summed E-state index contributed by atoms with van der Waals surface area (Å²) >= 11 is 5.95. The largest absolute Gasteiger partial charge is 0.416 e. The van der Waals surface area contributed by atoms with E-state index in [2.05, 4.69) is 5.32 Å². The topological polar surface area (TPSA) is 54.3 Å². The van der Waals surface area contributed by atoms with Crippen LogP contribution in [0.2, 0.25) is 5.02 Å². The number of nitrogens with one attached hydrogen (secondary N) is 1. The van der Waals surface area contributed by atoms with Crippen LogP contribution in [-0.2, 0) is 30.6 Å². The molecule has 0 saturated heterocycles. The smallest absolute Gasteiger partial charge is 0.351 e. The molecule has 1 unspecified atom stereocenters. The van der Waals surface area contributed by atoms with Crippen LogP contribution in [0, 0.1) is 0 Å². The predicted octanol–water partition coefficient (Wildman–Crippen LogP) is 7.75. The lowest BCUT2D eigenvalue weighted by Crippen LogP contribution is -2.37. The number of carbonyl (C=O) groups is 2. The number of aromatic nitrogens is 1. The van der Waals surface area contributed by atoms with E-state index in [-0.39, 0.29) is 12.5 Å². The first-order valence-electron chi connectivity index (χ1n) is 12.5. The van der Waals surface area contributed by atoms with Crippen molar-refractivity contribution in [2.45, 2.75) is 24.8 Å². The summed E-state index contributed by atoms with van der Waals surface area (Å²) < 4.78 is 82.3. The minimum absolute atomic E-state index is 0.0427. The molecule has 0 radical (unpaired) electrons. The number of hydrogen-bond donors (Lipinski definition) is 1. The van der Waals surface area contributed by atoms with Gasteiger partial charge in [-0.25, -0.2) is 0 Å². The molecule has 0 fully saturated rings. The van der Waals surface area contributed by atoms with Crippen molar-refractivity contribution in [2.75, 3.05) is 12.4 Å². The molecule has 0 aliphatic carbocycles. The van der Waals surface area contributed by atoms with Gasteiger partial charge in [-0.15, -0.1) is 0 Å². The van der Waals surface area contributed by atoms with Gasteiger partial charge < -0.3 is 14.8 Å². The number of anilines is 1. The van der Waals surface area contributed by atoms with E-state index in [9.17, 15) is 35.9 Å². The van der Waals surface area contributed by atoms with Gasteiger partial charge >= 0.3 is 12.4 Å². The average Bonchev–Trinajstić information content (AvgIpc) is 3.29. The van der Waals surface area contributed by atoms with Crippen molar-refractivity contribution < 1.29 is 35.9 Å². The molecule has 0 aliphatic heterocycles. The molecule has 1 heterocycles. The van der Waals surface area contributed by atoms with Crippen molar-refractivity contribution in [1.29, 1.82) is 0 Å². The molecule has 12 heteroatoms. The standard InChI is InChI=1S/C30H24ClF6N3O2/c1-39-12-11-19-16-24(7-9-26(19)39)38-27(41)10-8-25(13-18-3-5-23(31)6-4-18)40(2)28(42)20-14-21(29(32,33)34)17-22(15-20)30(35,36)37/h3-12,14-17,25H,13H2,1-2H3,(H,38,41). The molecule has 4 aromatic rings. The number of aryl methyl sites for hydroxylation is 1. The van der Waals surface area contributed by atoms with Crippen LogP contribution in [0.15, 0.2) is 85.1 Å². The number of carbonyl (C=O) groups excluding carboxylic acids is 2. The van der Waals surface area contributed by atoms with E-state index in [1.165, 1.54) is 13.1 Å². The summed E-state index contributed by atoms with van der Waals surface area (Å²) in [6.45, 7) is 0. The summed E-state index contributed by atoms with van der Waals surface area (Å²) in [4.78, 5) is 27.0. The van der Waals surface area contributed by atoms with Gasteiger partial charge in [-0.2, -0.15) is 26.3 Å². The zero-order chi connectivity index (χ0) is 30.8. The summed E-state index contributed by atoms with van der Waals surface area (Å²) in [7, 11) is 3.12. The first kappa shape index (κ1) is 30.7. The van der Waals surface area contributed by atoms with Crippen molar-refractivity contribution in [2.24, 2.45) is 7.05 Å². The van der Waals surface area contributed by atoms with Crippen LogP contribution in [0.25, 0.3) is 10.9 Å². The maximum atomic E-state index is 13.4. The van der Waals surface area contributed by atoms with Crippen molar-refractivity contribution in [3.8, 4) is 0 Å². The van der Waals surface area contributed by atoms with Crippen LogP contribution in [0.3, 0.4) is 0 Å². The highest BCUT2D eigenvalue weighted by atomic mass is 35.5. The van der Waals surface area contributed by atoms with E-state index < -0.39 is 46.9 Å². The summed E-state index contributed by atoms with van der Waals surface area (Å²) in [6, 6.07) is 13.5. The minimum atomic E-state index is -5.11. The maximum absolute atomic E-state index is 13.4. The third-order valence-corrected chi connectivity index (χ3v) is 6.89. The Morgan fingerprint density at radius 1 is 0.929 bits per heavy atom. The highest BCUT2D eigenvalue weighted by Gasteiger charge is 2.38. The van der Waals surface area contributed by atoms with E-state index in [1.807, 2.05) is 29.9 Å². The number of halogens is 7. The summed E-state index contributed by atoms with van der Waals surface area (Å²) in [5.74, 6) is -1.64. The fourth-order valence-electron chi connectivity index (χ4n) is 4.37. The molecule has 1 aromatic heterocycles. The lowest BCUT2D eigenvalue weighted by Gasteiger charge is -2.27. The van der Waals surface area contributed by atoms with Gasteiger partial charge in [0.1, 0.15) is 0 Å². The Morgan fingerprint density at radius 3 is 2.14 bits per heavy atom. The van der Waals surface area contributed by atoms with Crippen LogP contribution in [-0.4, -0.2) is 34.4 Å². The molecule has 220 valence electrons. The first-order valence-corrected chi connectivity index (χ1v) is 12.8. The van der Waals surface area contributed by atoms with Crippen molar-refractivity contribution in [3.05, 3.63) is 112 Å². The summed E-state index contributed by atoms with van der Waals surface area (Å²) in [6.07, 6.45) is -5.75. The molecule has 1 atom stereocenters. The number of fused-ring (bicyclic) bond motifs is 1. The molecule has 0 aliphatic rings. The molecule has 0 spiro atoms. The molecule has 0 bridgehead atoms. The van der Waals surface area contributed by atoms with E-state index in [0.717, 1.165) is 21.9 Å². The SMILES string of the molecule is CN(C(=O)c1cc(C(F)(F)F)cc(C(F)(F)F)c1)C(C=CC(=O)Nc1ccc2c(ccn2C)c1)Cc1ccc(Cl)cc1. The molecule has 42 heavy (non-hydrogen) atoms. The number of benzene rings is 3. The van der Waals surface area contributed by atoms with Crippen LogP contribution in [0.1, 0.15) is 27.0 Å². The molecule has 4 rings (SSSR count). The maximum Gasteiger partial charge on any atom is 0.416 e. The minimum Gasteiger partial charge on any atom is -0.351 e. The third kappa shape index (κ3) is 7.33. The number of amides is 2. The van der Waals surface area contributed by atoms with Crippen LogP contribution in [0.5, 0.6) is 0 Å². The Bertz CT molecular complexity index is 1610. The van der Waals surface area contributed by atoms with Gasteiger partial charge in [0, 0.05) is 53.5 Å². The normalized spacial score (nSPS) is 13.0. The highest BCUT2D eigenvalue weighted by molar-refractivity contribution is 6.30. The van der Waals surface area contributed by atoms with Crippen molar-refractivity contribution in [3.63, 3.8) is 0 Å². The van der Waals surface area contributed by atoms with Crippen LogP contribution >= 0.6 is 11.6 Å². The van der Waals surface area contributed by atoms with Crippen molar-refractivity contribution >= 4 is 40.0 Å². The Kier molecular flexibility index (Phi) is 8.72. The Morgan fingerprint density at radius 2 is 1.55 bits per heavy atom. The molecular weight excluding hydrogens is 584 g/mol. The zero-order valence-electron chi connectivity index (χ0n) is 22.2. The Labute approximate surface area is 242 Å². The molecular formula is C30H24ClF6N3O2. The second-order valence-electron chi connectivity index (χ2n) is 9.66. The van der Waals surface area contributed by atoms with Crippen molar-refractivity contribution in [1.82, 2.24) is 9.47 Å². The lowest BCUT2D eigenvalue weighted by molar-refractivity contribution is -0.143. The molecule has 2 amide bonds. The number of rotatable bonds is 7. The fourth-order valence-corrected chi connectivity index (χ4v) is 4.50. The van der Waals surface area contributed by atoms with Gasteiger partial charge in [-0.1, -0.05) is 29.8 Å². The fraction of sp³-hybridized carbons (Fsp3) is 0.200. The predicted molar refractivity (Wildman–Crippen MR) is 148 cm³/mol. The molecule has 5 nitrogen and oxygen atoms in total. The Balaban J connectivity index is 1.63. The van der Waals surface area contributed by atoms with E-state index in [1.54, 1.807) is 36.4 Å². The quantitative estimate of drug-likeness (QED) is 0.173. The molecule has 1 N–H and O–H groups in total. The zero-order valence-corrected chi connectivity index (χ0v) is 23.0.